The summed E-state index contributed by atoms with van der Waals surface area (Å²) < 4.78 is 23.8. The van der Waals surface area contributed by atoms with E-state index in [4.69, 9.17) is 0 Å². The third kappa shape index (κ3) is 1.47. The van der Waals surface area contributed by atoms with Crippen molar-refractivity contribution in [2.24, 2.45) is 0 Å². The van der Waals surface area contributed by atoms with Gasteiger partial charge in [0.2, 0.25) is 0 Å². The molecule has 1 unspecified atom stereocenters. The van der Waals surface area contributed by atoms with Gasteiger partial charge in [0.25, 0.3) is 15.9 Å². The van der Waals surface area contributed by atoms with Crippen molar-refractivity contribution >= 4 is 15.9 Å². The van der Waals surface area contributed by atoms with Gasteiger partial charge in [0.05, 0.1) is 6.04 Å². The summed E-state index contributed by atoms with van der Waals surface area (Å²) in [6.07, 6.45) is 2.79. The summed E-state index contributed by atoms with van der Waals surface area (Å²) >= 11 is 0. The third-order valence-electron chi connectivity index (χ3n) is 3.47. The van der Waals surface area contributed by atoms with Crippen molar-refractivity contribution in [3.05, 3.63) is 0 Å². The van der Waals surface area contributed by atoms with Crippen LogP contribution in [-0.2, 0) is 14.8 Å². The van der Waals surface area contributed by atoms with Gasteiger partial charge in [-0.1, -0.05) is 6.42 Å². The van der Waals surface area contributed by atoms with Gasteiger partial charge in [-0.3, -0.25) is 4.79 Å². The minimum absolute atomic E-state index is 0.187. The number of rotatable bonds is 1. The molecule has 0 aliphatic carbocycles. The Hall–Kier alpha value is -0.620. The van der Waals surface area contributed by atoms with Crippen molar-refractivity contribution in [3.8, 4) is 0 Å². The van der Waals surface area contributed by atoms with Crippen molar-refractivity contribution < 1.29 is 13.2 Å². The monoisotopic (exact) mass is 246 g/mol. The van der Waals surface area contributed by atoms with Crippen LogP contribution in [0.15, 0.2) is 0 Å². The minimum Gasteiger partial charge on any atom is -0.315 e. The second-order valence-electron chi connectivity index (χ2n) is 4.97. The summed E-state index contributed by atoms with van der Waals surface area (Å²) in [5.74, 6) is -0.263. The number of nitrogens with one attached hydrogen (secondary N) is 1. The molecule has 0 spiro atoms. The number of hydrogen-bond donors (Lipinski definition) is 1. The summed E-state index contributed by atoms with van der Waals surface area (Å²) in [5, 5.41) is 3.17. The lowest BCUT2D eigenvalue weighted by atomic mass is 10.1. The topological polar surface area (TPSA) is 66.5 Å². The fourth-order valence-electron chi connectivity index (χ4n) is 2.25. The highest BCUT2D eigenvalue weighted by Gasteiger charge is 2.61. The molecule has 0 aromatic carbocycles. The molecule has 2 aliphatic rings. The van der Waals surface area contributed by atoms with Crippen LogP contribution in [0.3, 0.4) is 0 Å². The van der Waals surface area contributed by atoms with Crippen LogP contribution in [0, 0.1) is 0 Å². The first-order valence-corrected chi connectivity index (χ1v) is 7.12. The maximum absolute atomic E-state index is 12.0. The lowest BCUT2D eigenvalue weighted by Crippen LogP contribution is -2.70. The van der Waals surface area contributed by atoms with Crippen LogP contribution in [0.2, 0.25) is 0 Å². The zero-order valence-electron chi connectivity index (χ0n) is 9.69. The van der Waals surface area contributed by atoms with Crippen LogP contribution in [-0.4, -0.2) is 42.5 Å². The van der Waals surface area contributed by atoms with E-state index in [2.05, 4.69) is 5.32 Å². The average Bonchev–Trinajstić information content (AvgIpc) is 2.46. The molecule has 2 heterocycles. The van der Waals surface area contributed by atoms with E-state index in [0.29, 0.717) is 6.54 Å². The van der Waals surface area contributed by atoms with Crippen LogP contribution in [0.5, 0.6) is 0 Å². The van der Waals surface area contributed by atoms with E-state index < -0.39 is 14.8 Å². The van der Waals surface area contributed by atoms with Crippen LogP contribution in [0.4, 0.5) is 0 Å². The molecule has 2 rings (SSSR count). The Balaban J connectivity index is 2.20. The van der Waals surface area contributed by atoms with Gasteiger partial charge in [-0.2, -0.15) is 0 Å². The number of carbonyl (C=O) groups is 1. The van der Waals surface area contributed by atoms with Gasteiger partial charge >= 0.3 is 0 Å². The summed E-state index contributed by atoms with van der Waals surface area (Å²) in [7, 11) is -3.42. The maximum atomic E-state index is 12.0. The Kier molecular flexibility index (Phi) is 2.74. The molecule has 1 amide bonds. The summed E-state index contributed by atoms with van der Waals surface area (Å²) in [5.41, 5.74) is 0. The first-order valence-electron chi connectivity index (χ1n) is 5.68. The summed E-state index contributed by atoms with van der Waals surface area (Å²) in [6, 6.07) is -0.187. The van der Waals surface area contributed by atoms with Crippen molar-refractivity contribution in [3.63, 3.8) is 0 Å². The van der Waals surface area contributed by atoms with Gasteiger partial charge in [-0.05, 0) is 33.2 Å². The molecule has 0 bridgehead atoms. The SMILES string of the molecule is CC1(C)C(=O)N(C2CCCCNC2)S1(=O)=O. The Morgan fingerprint density at radius 1 is 1.38 bits per heavy atom. The van der Waals surface area contributed by atoms with Crippen molar-refractivity contribution in [1.29, 1.82) is 0 Å². The summed E-state index contributed by atoms with van der Waals surface area (Å²) in [4.78, 5) is 11.8. The van der Waals surface area contributed by atoms with Crippen LogP contribution < -0.4 is 5.32 Å². The number of hydrogen-bond acceptors (Lipinski definition) is 4. The second kappa shape index (κ2) is 3.70. The lowest BCUT2D eigenvalue weighted by molar-refractivity contribution is -0.134. The number of amides is 1. The summed E-state index contributed by atoms with van der Waals surface area (Å²) in [6.45, 7) is 4.44. The van der Waals surface area contributed by atoms with E-state index in [0.717, 1.165) is 30.1 Å². The van der Waals surface area contributed by atoms with E-state index >= 15 is 0 Å². The molecular weight excluding hydrogens is 228 g/mol. The van der Waals surface area contributed by atoms with Crippen molar-refractivity contribution in [2.45, 2.75) is 43.9 Å². The first-order chi connectivity index (χ1) is 7.39. The largest absolute Gasteiger partial charge is 0.315 e. The predicted octanol–water partition coefficient (Wildman–Crippen LogP) is 0.0791. The molecule has 2 saturated heterocycles. The van der Waals surface area contributed by atoms with Crippen LogP contribution in [0.1, 0.15) is 33.1 Å². The fraction of sp³-hybridized carbons (Fsp3) is 0.900. The number of nitrogens with zero attached hydrogens (tertiary/aromatic N) is 1. The zero-order chi connectivity index (χ0) is 12.0. The smallest absolute Gasteiger partial charge is 0.259 e. The molecular formula is C10H18N2O3S. The fourth-order valence-corrected chi connectivity index (χ4v) is 3.95. The molecule has 6 heteroatoms. The predicted molar refractivity (Wildman–Crippen MR) is 60.4 cm³/mol. The molecule has 2 aliphatic heterocycles. The molecule has 92 valence electrons. The van der Waals surface area contributed by atoms with Gasteiger partial charge in [-0.15, -0.1) is 0 Å². The highest BCUT2D eigenvalue weighted by Crippen LogP contribution is 2.37. The molecule has 0 radical (unpaired) electrons. The Labute approximate surface area is 96.2 Å². The van der Waals surface area contributed by atoms with Crippen molar-refractivity contribution in [2.75, 3.05) is 13.1 Å². The van der Waals surface area contributed by atoms with Gasteiger partial charge in [0.1, 0.15) is 0 Å². The van der Waals surface area contributed by atoms with Crippen LogP contribution >= 0.6 is 0 Å². The third-order valence-corrected chi connectivity index (χ3v) is 5.92. The number of sulfonamides is 1. The lowest BCUT2D eigenvalue weighted by Gasteiger charge is -2.46. The zero-order valence-corrected chi connectivity index (χ0v) is 10.5. The normalized spacial score (nSPS) is 33.0. The highest BCUT2D eigenvalue weighted by atomic mass is 32.2. The van der Waals surface area contributed by atoms with E-state index in [1.807, 2.05) is 0 Å². The van der Waals surface area contributed by atoms with Gasteiger partial charge in [0.15, 0.2) is 4.75 Å². The molecule has 1 atom stereocenters. The van der Waals surface area contributed by atoms with E-state index in [1.165, 1.54) is 13.8 Å². The first kappa shape index (κ1) is 11.9. The van der Waals surface area contributed by atoms with E-state index in [1.54, 1.807) is 0 Å². The Morgan fingerprint density at radius 3 is 2.69 bits per heavy atom. The second-order valence-corrected chi connectivity index (χ2v) is 7.33. The molecule has 5 nitrogen and oxygen atoms in total. The Morgan fingerprint density at radius 2 is 2.06 bits per heavy atom. The van der Waals surface area contributed by atoms with E-state index in [9.17, 15) is 13.2 Å². The molecule has 0 aromatic heterocycles. The molecule has 16 heavy (non-hydrogen) atoms. The van der Waals surface area contributed by atoms with Crippen LogP contribution in [0.25, 0.3) is 0 Å². The van der Waals surface area contributed by atoms with Crippen molar-refractivity contribution in [1.82, 2.24) is 9.62 Å². The average molecular weight is 246 g/mol. The quantitative estimate of drug-likeness (QED) is 0.711. The van der Waals surface area contributed by atoms with Gasteiger partial charge < -0.3 is 5.32 Å². The number of carbonyl (C=O) groups excluding carboxylic acids is 1. The maximum Gasteiger partial charge on any atom is 0.259 e. The Bertz CT molecular complexity index is 394. The molecule has 0 aromatic rings. The van der Waals surface area contributed by atoms with E-state index in [-0.39, 0.29) is 11.9 Å². The molecule has 0 saturated carbocycles. The standard InChI is InChI=1S/C10H18N2O3S/c1-10(2)9(13)12(16(10,14)15)8-5-3-4-6-11-7-8/h8,11H,3-7H2,1-2H3. The van der Waals surface area contributed by atoms with Gasteiger partial charge in [0, 0.05) is 6.54 Å². The highest BCUT2D eigenvalue weighted by molar-refractivity contribution is 7.94. The molecule has 1 N–H and O–H groups in total. The van der Waals surface area contributed by atoms with Gasteiger partial charge in [-0.25, -0.2) is 12.7 Å². The minimum atomic E-state index is -3.42. The molecule has 2 fully saturated rings.